The molecule has 19 heavy (non-hydrogen) atoms. The molecule has 1 aromatic carbocycles. The topological polar surface area (TPSA) is 43.8 Å². The van der Waals surface area contributed by atoms with Gasteiger partial charge in [0.2, 0.25) is 0 Å². The second kappa shape index (κ2) is 7.26. The zero-order chi connectivity index (χ0) is 14.4. The highest BCUT2D eigenvalue weighted by Crippen LogP contribution is 2.20. The van der Waals surface area contributed by atoms with Gasteiger partial charge >= 0.3 is 5.97 Å². The van der Waals surface area contributed by atoms with E-state index in [0.717, 1.165) is 18.7 Å². The van der Waals surface area contributed by atoms with Crippen molar-refractivity contribution in [3.05, 3.63) is 35.4 Å². The highest BCUT2D eigenvalue weighted by molar-refractivity contribution is 5.69. The van der Waals surface area contributed by atoms with E-state index in [1.807, 2.05) is 19.0 Å². The lowest BCUT2D eigenvalue weighted by Gasteiger charge is -2.29. The molecule has 0 spiro atoms. The molecule has 0 aromatic heterocycles. The third-order valence-electron chi connectivity index (χ3n) is 3.28. The summed E-state index contributed by atoms with van der Waals surface area (Å²) in [6, 6.07) is 8.39. The first-order chi connectivity index (χ1) is 8.90. The standard InChI is InChI=1S/C15H24N2O2/c1-12-5-7-14(8-6-12)13(2)17(11-15(18)19)10-9-16(3)4/h5-8,13H,9-11H2,1-4H3,(H,18,19). The van der Waals surface area contributed by atoms with E-state index in [2.05, 4.69) is 43.0 Å². The second-order valence-electron chi connectivity index (χ2n) is 5.25. The summed E-state index contributed by atoms with van der Waals surface area (Å²) in [6.45, 7) is 5.78. The van der Waals surface area contributed by atoms with Gasteiger partial charge in [-0.1, -0.05) is 29.8 Å². The van der Waals surface area contributed by atoms with Crippen molar-refractivity contribution in [2.75, 3.05) is 33.7 Å². The van der Waals surface area contributed by atoms with E-state index in [-0.39, 0.29) is 12.6 Å². The number of likely N-dealkylation sites (N-methyl/N-ethyl adjacent to an activating group) is 1. The van der Waals surface area contributed by atoms with Crippen LogP contribution in [0.15, 0.2) is 24.3 Å². The van der Waals surface area contributed by atoms with Gasteiger partial charge in [-0.15, -0.1) is 0 Å². The summed E-state index contributed by atoms with van der Waals surface area (Å²) in [7, 11) is 3.99. The molecule has 4 heteroatoms. The van der Waals surface area contributed by atoms with Crippen molar-refractivity contribution in [3.63, 3.8) is 0 Å². The normalized spacial score (nSPS) is 12.9. The monoisotopic (exact) mass is 264 g/mol. The SMILES string of the molecule is Cc1ccc(C(C)N(CCN(C)C)CC(=O)O)cc1. The Hall–Kier alpha value is -1.39. The Kier molecular flexibility index (Phi) is 5.99. The van der Waals surface area contributed by atoms with Crippen molar-refractivity contribution in [3.8, 4) is 0 Å². The van der Waals surface area contributed by atoms with Crippen LogP contribution in [0.3, 0.4) is 0 Å². The second-order valence-corrected chi connectivity index (χ2v) is 5.25. The lowest BCUT2D eigenvalue weighted by atomic mass is 10.1. The van der Waals surface area contributed by atoms with Crippen molar-refractivity contribution in [1.29, 1.82) is 0 Å². The van der Waals surface area contributed by atoms with E-state index in [4.69, 9.17) is 5.11 Å². The van der Waals surface area contributed by atoms with Crippen molar-refractivity contribution in [1.82, 2.24) is 9.80 Å². The zero-order valence-electron chi connectivity index (χ0n) is 12.3. The molecule has 0 aliphatic heterocycles. The molecular weight excluding hydrogens is 240 g/mol. The average Bonchev–Trinajstić information content (AvgIpc) is 2.34. The number of carboxylic acids is 1. The number of hydrogen-bond donors (Lipinski definition) is 1. The Balaban J connectivity index is 2.77. The summed E-state index contributed by atoms with van der Waals surface area (Å²) < 4.78 is 0. The van der Waals surface area contributed by atoms with Crippen molar-refractivity contribution >= 4 is 5.97 Å². The predicted molar refractivity (Wildman–Crippen MR) is 77.4 cm³/mol. The maximum atomic E-state index is 11.0. The summed E-state index contributed by atoms with van der Waals surface area (Å²) in [6.07, 6.45) is 0. The van der Waals surface area contributed by atoms with Gasteiger partial charge in [0.05, 0.1) is 6.54 Å². The van der Waals surface area contributed by atoms with Crippen LogP contribution in [0.2, 0.25) is 0 Å². The van der Waals surface area contributed by atoms with Crippen LogP contribution < -0.4 is 0 Å². The fourth-order valence-corrected chi connectivity index (χ4v) is 1.97. The molecule has 0 amide bonds. The number of aliphatic carboxylic acids is 1. The molecule has 0 saturated carbocycles. The van der Waals surface area contributed by atoms with Gasteiger partial charge in [-0.25, -0.2) is 0 Å². The minimum absolute atomic E-state index is 0.0723. The first-order valence-electron chi connectivity index (χ1n) is 6.57. The Morgan fingerprint density at radius 1 is 1.21 bits per heavy atom. The lowest BCUT2D eigenvalue weighted by Crippen LogP contribution is -2.37. The van der Waals surface area contributed by atoms with Crippen molar-refractivity contribution < 1.29 is 9.90 Å². The van der Waals surface area contributed by atoms with Crippen molar-refractivity contribution in [2.45, 2.75) is 19.9 Å². The molecule has 0 aliphatic carbocycles. The minimum Gasteiger partial charge on any atom is -0.480 e. The summed E-state index contributed by atoms with van der Waals surface area (Å²) in [5, 5.41) is 9.03. The first kappa shape index (κ1) is 15.7. The fraction of sp³-hybridized carbons (Fsp3) is 0.533. The van der Waals surface area contributed by atoms with Crippen LogP contribution in [0.1, 0.15) is 24.1 Å². The molecule has 0 heterocycles. The number of nitrogens with zero attached hydrogens (tertiary/aromatic N) is 2. The van der Waals surface area contributed by atoms with Crippen LogP contribution in [-0.4, -0.2) is 54.6 Å². The van der Waals surface area contributed by atoms with Crippen LogP contribution in [0.5, 0.6) is 0 Å². The number of aryl methyl sites for hydroxylation is 1. The zero-order valence-corrected chi connectivity index (χ0v) is 12.3. The number of rotatable bonds is 7. The number of carbonyl (C=O) groups is 1. The highest BCUT2D eigenvalue weighted by Gasteiger charge is 2.18. The fourth-order valence-electron chi connectivity index (χ4n) is 1.97. The van der Waals surface area contributed by atoms with Crippen LogP contribution >= 0.6 is 0 Å². The van der Waals surface area contributed by atoms with E-state index in [1.165, 1.54) is 5.56 Å². The van der Waals surface area contributed by atoms with Gasteiger partial charge in [-0.3, -0.25) is 9.69 Å². The maximum absolute atomic E-state index is 11.0. The van der Waals surface area contributed by atoms with E-state index >= 15 is 0 Å². The van der Waals surface area contributed by atoms with Gasteiger partial charge < -0.3 is 10.0 Å². The van der Waals surface area contributed by atoms with E-state index in [1.54, 1.807) is 0 Å². The minimum atomic E-state index is -0.780. The summed E-state index contributed by atoms with van der Waals surface area (Å²) in [5.74, 6) is -0.780. The van der Waals surface area contributed by atoms with Crippen molar-refractivity contribution in [2.24, 2.45) is 0 Å². The Labute approximate surface area is 115 Å². The van der Waals surface area contributed by atoms with Gasteiger partial charge in [0, 0.05) is 19.1 Å². The third-order valence-corrected chi connectivity index (χ3v) is 3.28. The first-order valence-corrected chi connectivity index (χ1v) is 6.57. The molecular formula is C15H24N2O2. The summed E-state index contributed by atoms with van der Waals surface area (Å²) in [4.78, 5) is 15.0. The molecule has 0 fully saturated rings. The maximum Gasteiger partial charge on any atom is 0.317 e. The van der Waals surface area contributed by atoms with Gasteiger partial charge in [0.1, 0.15) is 0 Å². The van der Waals surface area contributed by atoms with Gasteiger partial charge in [-0.2, -0.15) is 0 Å². The molecule has 1 unspecified atom stereocenters. The Morgan fingerprint density at radius 2 is 1.79 bits per heavy atom. The number of benzene rings is 1. The highest BCUT2D eigenvalue weighted by atomic mass is 16.4. The van der Waals surface area contributed by atoms with E-state index < -0.39 is 5.97 Å². The molecule has 0 aliphatic rings. The Morgan fingerprint density at radius 3 is 2.26 bits per heavy atom. The van der Waals surface area contributed by atoms with Gasteiger partial charge in [-0.05, 0) is 33.5 Å². The van der Waals surface area contributed by atoms with Crippen LogP contribution in [-0.2, 0) is 4.79 Å². The molecule has 0 saturated heterocycles. The lowest BCUT2D eigenvalue weighted by molar-refractivity contribution is -0.138. The Bertz CT molecular complexity index is 401. The van der Waals surface area contributed by atoms with E-state index in [0.29, 0.717) is 0 Å². The summed E-state index contributed by atoms with van der Waals surface area (Å²) in [5.41, 5.74) is 2.37. The van der Waals surface area contributed by atoms with Gasteiger partial charge in [0.15, 0.2) is 0 Å². The molecule has 1 rings (SSSR count). The van der Waals surface area contributed by atoms with Crippen LogP contribution in [0.4, 0.5) is 0 Å². The average molecular weight is 264 g/mol. The molecule has 4 nitrogen and oxygen atoms in total. The third kappa shape index (κ3) is 5.41. The molecule has 1 aromatic rings. The molecule has 0 bridgehead atoms. The largest absolute Gasteiger partial charge is 0.480 e. The smallest absolute Gasteiger partial charge is 0.317 e. The molecule has 1 N–H and O–H groups in total. The summed E-state index contributed by atoms with van der Waals surface area (Å²) >= 11 is 0. The number of carboxylic acid groups (broad SMARTS) is 1. The molecule has 106 valence electrons. The van der Waals surface area contributed by atoms with E-state index in [9.17, 15) is 4.79 Å². The molecule has 1 atom stereocenters. The van der Waals surface area contributed by atoms with Gasteiger partial charge in [0.25, 0.3) is 0 Å². The number of hydrogen-bond acceptors (Lipinski definition) is 3. The molecule has 0 radical (unpaired) electrons. The quantitative estimate of drug-likeness (QED) is 0.818. The predicted octanol–water partition coefficient (Wildman–Crippen LogP) is 2.00. The van der Waals surface area contributed by atoms with Crippen LogP contribution in [0.25, 0.3) is 0 Å². The van der Waals surface area contributed by atoms with Crippen LogP contribution in [0, 0.1) is 6.92 Å².